The van der Waals surface area contributed by atoms with Crippen molar-refractivity contribution >= 4 is 0 Å². The van der Waals surface area contributed by atoms with Crippen LogP contribution in [0.4, 0.5) is 0 Å². The van der Waals surface area contributed by atoms with Crippen molar-refractivity contribution in [2.45, 2.75) is 107 Å². The first-order valence-electron chi connectivity index (χ1n) is 9.97. The molecule has 0 N–H and O–H groups in total. The lowest BCUT2D eigenvalue weighted by Gasteiger charge is -2.23. The lowest BCUT2D eigenvalue weighted by molar-refractivity contribution is 0.409. The number of unbranched alkanes of at least 4 members (excludes halogenated alkanes) is 4. The molecule has 0 spiro atoms. The van der Waals surface area contributed by atoms with E-state index in [9.17, 15) is 0 Å². The fraction of sp³-hybridized carbons (Fsp3) is 0.750. The number of hydrogen-bond donors (Lipinski definition) is 0. The van der Waals surface area contributed by atoms with Gasteiger partial charge in [0.05, 0.1) is 0 Å². The minimum atomic E-state index is 0.229. The van der Waals surface area contributed by atoms with Crippen molar-refractivity contribution in [2.24, 2.45) is 10.8 Å². The van der Waals surface area contributed by atoms with Gasteiger partial charge in [0.15, 0.2) is 0 Å². The quantitative estimate of drug-likeness (QED) is 0.213. The summed E-state index contributed by atoms with van der Waals surface area (Å²) >= 11 is 0. The van der Waals surface area contributed by atoms with Gasteiger partial charge in [-0.2, -0.15) is 0 Å². The Bertz CT molecular complexity index is 431. The second kappa shape index (κ2) is 11.0. The zero-order chi connectivity index (χ0) is 18.8. The summed E-state index contributed by atoms with van der Waals surface area (Å²) in [6.45, 7) is 20.7. The zero-order valence-electron chi connectivity index (χ0n) is 18.2. The smallest absolute Gasteiger partial charge is 0.0132 e. The Kier molecular flexibility index (Phi) is 10.6. The summed E-state index contributed by atoms with van der Waals surface area (Å²) in [6, 6.07) is 0. The number of rotatable bonds is 10. The molecule has 0 nitrogen and oxygen atoms in total. The topological polar surface area (TPSA) is 0 Å². The molecule has 0 aromatic heterocycles. The summed E-state index contributed by atoms with van der Waals surface area (Å²) in [7, 11) is 0. The molecule has 0 bridgehead atoms. The maximum atomic E-state index is 2.50. The van der Waals surface area contributed by atoms with E-state index in [0.29, 0.717) is 5.41 Å². The molecule has 24 heavy (non-hydrogen) atoms. The predicted molar refractivity (Wildman–Crippen MR) is 113 cm³/mol. The van der Waals surface area contributed by atoms with Crippen molar-refractivity contribution in [3.63, 3.8) is 0 Å². The summed E-state index contributed by atoms with van der Waals surface area (Å²) in [6.07, 6.45) is 16.3. The maximum absolute atomic E-state index is 2.50. The van der Waals surface area contributed by atoms with E-state index in [2.05, 4.69) is 80.5 Å². The molecule has 0 aromatic carbocycles. The molecule has 0 saturated carbocycles. The minimum absolute atomic E-state index is 0.229. The van der Waals surface area contributed by atoms with E-state index in [1.165, 1.54) is 55.2 Å². The van der Waals surface area contributed by atoms with Crippen LogP contribution in [0.25, 0.3) is 0 Å². The van der Waals surface area contributed by atoms with Crippen LogP contribution < -0.4 is 0 Å². The fourth-order valence-corrected chi connectivity index (χ4v) is 3.60. The van der Waals surface area contributed by atoms with Gasteiger partial charge in [0.1, 0.15) is 0 Å². The molecular formula is C24H44. The minimum Gasteiger partial charge on any atom is -0.0813 e. The molecule has 0 aromatic rings. The largest absolute Gasteiger partial charge is 0.0813 e. The molecule has 0 aliphatic carbocycles. The van der Waals surface area contributed by atoms with Gasteiger partial charge in [0, 0.05) is 0 Å². The van der Waals surface area contributed by atoms with Crippen LogP contribution in [0.5, 0.6) is 0 Å². The van der Waals surface area contributed by atoms with Gasteiger partial charge >= 0.3 is 0 Å². The lowest BCUT2D eigenvalue weighted by Crippen LogP contribution is -2.10. The summed E-state index contributed by atoms with van der Waals surface area (Å²) in [5, 5.41) is 0. The fourth-order valence-electron chi connectivity index (χ4n) is 3.60. The molecule has 0 rings (SSSR count). The Labute approximate surface area is 153 Å². The van der Waals surface area contributed by atoms with Gasteiger partial charge in [0.2, 0.25) is 0 Å². The SMILES string of the molecule is CCCCCCC=C(C=C(C)CC(C)(C)C)CC(C)(C)C=C(C)C. The average molecular weight is 333 g/mol. The Morgan fingerprint density at radius 3 is 1.96 bits per heavy atom. The Morgan fingerprint density at radius 2 is 1.46 bits per heavy atom. The Hall–Kier alpha value is -0.780. The third kappa shape index (κ3) is 13.6. The molecule has 0 fully saturated rings. The maximum Gasteiger partial charge on any atom is -0.0132 e. The summed E-state index contributed by atoms with van der Waals surface area (Å²) < 4.78 is 0. The molecule has 0 saturated heterocycles. The van der Waals surface area contributed by atoms with E-state index in [-0.39, 0.29) is 5.41 Å². The van der Waals surface area contributed by atoms with Crippen LogP contribution in [-0.2, 0) is 0 Å². The summed E-state index contributed by atoms with van der Waals surface area (Å²) in [5.41, 5.74) is 5.04. The van der Waals surface area contributed by atoms with Gasteiger partial charge in [-0.05, 0) is 57.3 Å². The molecule has 0 heteroatoms. The van der Waals surface area contributed by atoms with E-state index < -0.39 is 0 Å². The highest BCUT2D eigenvalue weighted by Gasteiger charge is 2.17. The third-order valence-corrected chi connectivity index (χ3v) is 4.04. The third-order valence-electron chi connectivity index (χ3n) is 4.04. The molecule has 140 valence electrons. The first-order chi connectivity index (χ1) is 10.9. The molecule has 0 atom stereocenters. The van der Waals surface area contributed by atoms with Crippen LogP contribution in [0, 0.1) is 10.8 Å². The van der Waals surface area contributed by atoms with E-state index >= 15 is 0 Å². The van der Waals surface area contributed by atoms with Crippen molar-refractivity contribution in [3.8, 4) is 0 Å². The highest BCUT2D eigenvalue weighted by molar-refractivity contribution is 5.26. The van der Waals surface area contributed by atoms with Crippen LogP contribution in [0.2, 0.25) is 0 Å². The van der Waals surface area contributed by atoms with E-state index in [1.807, 2.05) is 0 Å². The van der Waals surface area contributed by atoms with Gasteiger partial charge in [-0.15, -0.1) is 0 Å². The zero-order valence-corrected chi connectivity index (χ0v) is 18.2. The van der Waals surface area contributed by atoms with E-state index in [0.717, 1.165) is 6.42 Å². The molecule has 0 aliphatic rings. The molecule has 0 aliphatic heterocycles. The van der Waals surface area contributed by atoms with Crippen molar-refractivity contribution in [3.05, 3.63) is 34.9 Å². The van der Waals surface area contributed by atoms with Crippen LogP contribution in [-0.4, -0.2) is 0 Å². The summed E-state index contributed by atoms with van der Waals surface area (Å²) in [4.78, 5) is 0. The van der Waals surface area contributed by atoms with Gasteiger partial charge in [0.25, 0.3) is 0 Å². The van der Waals surface area contributed by atoms with Crippen molar-refractivity contribution < 1.29 is 0 Å². The highest BCUT2D eigenvalue weighted by Crippen LogP contribution is 2.31. The first kappa shape index (κ1) is 23.2. The van der Waals surface area contributed by atoms with Crippen molar-refractivity contribution in [2.75, 3.05) is 0 Å². The van der Waals surface area contributed by atoms with Crippen LogP contribution in [0.15, 0.2) is 34.9 Å². The molecule has 0 amide bonds. The van der Waals surface area contributed by atoms with Crippen LogP contribution in [0.1, 0.15) is 107 Å². The van der Waals surface area contributed by atoms with Gasteiger partial charge in [-0.1, -0.05) is 95.8 Å². The molecular weight excluding hydrogens is 288 g/mol. The van der Waals surface area contributed by atoms with Crippen LogP contribution >= 0.6 is 0 Å². The first-order valence-corrected chi connectivity index (χ1v) is 9.97. The monoisotopic (exact) mass is 332 g/mol. The Balaban J connectivity index is 5.11. The average Bonchev–Trinajstić information content (AvgIpc) is 2.33. The van der Waals surface area contributed by atoms with E-state index in [1.54, 1.807) is 0 Å². The second-order valence-corrected chi connectivity index (χ2v) is 9.74. The van der Waals surface area contributed by atoms with Gasteiger partial charge in [-0.3, -0.25) is 0 Å². The van der Waals surface area contributed by atoms with Crippen LogP contribution in [0.3, 0.4) is 0 Å². The highest BCUT2D eigenvalue weighted by atomic mass is 14.2. The number of allylic oxidation sites excluding steroid dienone is 6. The number of hydrogen-bond acceptors (Lipinski definition) is 0. The van der Waals surface area contributed by atoms with Gasteiger partial charge in [-0.25, -0.2) is 0 Å². The molecule has 0 unspecified atom stereocenters. The van der Waals surface area contributed by atoms with E-state index in [4.69, 9.17) is 0 Å². The molecule has 0 heterocycles. The second-order valence-electron chi connectivity index (χ2n) is 9.74. The Morgan fingerprint density at radius 1 is 0.833 bits per heavy atom. The summed E-state index contributed by atoms with van der Waals surface area (Å²) in [5.74, 6) is 0. The lowest BCUT2D eigenvalue weighted by atomic mass is 9.82. The van der Waals surface area contributed by atoms with Gasteiger partial charge < -0.3 is 0 Å². The van der Waals surface area contributed by atoms with Crippen molar-refractivity contribution in [1.82, 2.24) is 0 Å². The van der Waals surface area contributed by atoms with Crippen molar-refractivity contribution in [1.29, 1.82) is 0 Å². The normalized spacial score (nSPS) is 14.0. The standard InChI is InChI=1S/C24H44/c1-10-11-12-13-14-15-22(16-21(4)18-23(5,6)7)19-24(8,9)17-20(2)3/h15-17H,10-14,18-19H2,1-9H3. The molecule has 0 radical (unpaired) electrons. The predicted octanol–water partition coefficient (Wildman–Crippen LogP) is 8.65.